The summed E-state index contributed by atoms with van der Waals surface area (Å²) in [6, 6.07) is 12.6. The van der Waals surface area contributed by atoms with Crippen molar-refractivity contribution in [3.63, 3.8) is 0 Å². The Labute approximate surface area is 161 Å². The first-order chi connectivity index (χ1) is 12.9. The third kappa shape index (κ3) is 4.08. The molecule has 0 spiro atoms. The van der Waals surface area contributed by atoms with Crippen molar-refractivity contribution >= 4 is 9.84 Å². The summed E-state index contributed by atoms with van der Waals surface area (Å²) in [7, 11) is -3.00. The molecule has 0 aliphatic carbocycles. The lowest BCUT2D eigenvalue weighted by Gasteiger charge is -2.44. The van der Waals surface area contributed by atoms with Crippen molar-refractivity contribution in [1.29, 1.82) is 0 Å². The molecule has 0 unspecified atom stereocenters. The highest BCUT2D eigenvalue weighted by atomic mass is 32.2. The van der Waals surface area contributed by atoms with Gasteiger partial charge in [0.05, 0.1) is 17.2 Å². The molecular formula is C21H27N3O2S. The monoisotopic (exact) mass is 385 g/mol. The molecule has 1 aromatic heterocycles. The average molecular weight is 386 g/mol. The van der Waals surface area contributed by atoms with Gasteiger partial charge in [0.1, 0.15) is 0 Å². The van der Waals surface area contributed by atoms with Crippen LogP contribution < -0.4 is 0 Å². The number of aromatic nitrogens is 1. The van der Waals surface area contributed by atoms with Crippen LogP contribution in [0.25, 0.3) is 0 Å². The molecule has 0 saturated carbocycles. The van der Waals surface area contributed by atoms with Gasteiger partial charge in [0.15, 0.2) is 9.84 Å². The minimum atomic E-state index is -3.00. The van der Waals surface area contributed by atoms with E-state index in [4.69, 9.17) is 0 Å². The molecule has 2 atom stereocenters. The van der Waals surface area contributed by atoms with Gasteiger partial charge in [-0.15, -0.1) is 0 Å². The number of nitrogens with zero attached hydrogens (tertiary/aromatic N) is 3. The van der Waals surface area contributed by atoms with Crippen LogP contribution in [0.1, 0.15) is 22.4 Å². The largest absolute Gasteiger partial charge is 0.292 e. The number of rotatable bonds is 4. The Kier molecular flexibility index (Phi) is 5.05. The number of sulfone groups is 1. The van der Waals surface area contributed by atoms with Gasteiger partial charge < -0.3 is 0 Å². The van der Waals surface area contributed by atoms with Crippen LogP contribution in [-0.2, 0) is 22.9 Å². The summed E-state index contributed by atoms with van der Waals surface area (Å²) >= 11 is 0. The van der Waals surface area contributed by atoms with Crippen LogP contribution >= 0.6 is 0 Å². The summed E-state index contributed by atoms with van der Waals surface area (Å²) in [4.78, 5) is 9.11. The van der Waals surface area contributed by atoms with E-state index >= 15 is 0 Å². The van der Waals surface area contributed by atoms with E-state index in [-0.39, 0.29) is 23.6 Å². The molecule has 0 amide bonds. The van der Waals surface area contributed by atoms with E-state index in [0.29, 0.717) is 0 Å². The minimum absolute atomic E-state index is 0.0531. The van der Waals surface area contributed by atoms with Crippen molar-refractivity contribution in [2.24, 2.45) is 0 Å². The molecule has 4 rings (SSSR count). The first-order valence-electron chi connectivity index (χ1n) is 9.56. The topological polar surface area (TPSA) is 53.5 Å². The molecule has 0 radical (unpaired) electrons. The average Bonchev–Trinajstić information content (AvgIpc) is 2.97. The Morgan fingerprint density at radius 1 is 0.963 bits per heavy atom. The summed E-state index contributed by atoms with van der Waals surface area (Å²) in [6.07, 6.45) is 1.80. The van der Waals surface area contributed by atoms with Crippen molar-refractivity contribution in [2.45, 2.75) is 39.0 Å². The van der Waals surface area contributed by atoms with Gasteiger partial charge in [0.2, 0.25) is 0 Å². The number of benzene rings is 1. The third-order valence-electron chi connectivity index (χ3n) is 5.95. The van der Waals surface area contributed by atoms with Gasteiger partial charge in [-0.3, -0.25) is 14.8 Å². The van der Waals surface area contributed by atoms with E-state index < -0.39 is 9.84 Å². The number of hydrogen-bond donors (Lipinski definition) is 0. The Hall–Kier alpha value is -1.76. The fourth-order valence-corrected chi connectivity index (χ4v) is 6.37. The number of piperazine rings is 1. The quantitative estimate of drug-likeness (QED) is 0.808. The summed E-state index contributed by atoms with van der Waals surface area (Å²) in [5.74, 6) is 0.523. The Morgan fingerprint density at radius 2 is 1.67 bits per heavy atom. The summed E-state index contributed by atoms with van der Waals surface area (Å²) in [5, 5.41) is 0. The fourth-order valence-electron chi connectivity index (χ4n) is 4.33. The zero-order valence-electron chi connectivity index (χ0n) is 16.0. The van der Waals surface area contributed by atoms with E-state index in [1.165, 1.54) is 16.7 Å². The smallest absolute Gasteiger partial charge is 0.153 e. The molecule has 2 aliphatic heterocycles. The van der Waals surface area contributed by atoms with E-state index in [1.807, 2.05) is 18.2 Å². The van der Waals surface area contributed by atoms with Gasteiger partial charge in [-0.05, 0) is 42.7 Å². The van der Waals surface area contributed by atoms with Crippen LogP contribution in [0.15, 0.2) is 42.6 Å². The van der Waals surface area contributed by atoms with Crippen molar-refractivity contribution in [3.8, 4) is 0 Å². The first-order valence-corrected chi connectivity index (χ1v) is 11.4. The number of hydrogen-bond acceptors (Lipinski definition) is 5. The molecule has 0 bridgehead atoms. The van der Waals surface area contributed by atoms with Gasteiger partial charge in [0.25, 0.3) is 0 Å². The van der Waals surface area contributed by atoms with Crippen LogP contribution in [-0.4, -0.2) is 59.9 Å². The van der Waals surface area contributed by atoms with Gasteiger partial charge in [0, 0.05) is 44.5 Å². The molecule has 2 aromatic rings. The maximum Gasteiger partial charge on any atom is 0.153 e. The second-order valence-electron chi connectivity index (χ2n) is 7.89. The molecule has 1 aromatic carbocycles. The molecule has 27 heavy (non-hydrogen) atoms. The van der Waals surface area contributed by atoms with E-state index in [2.05, 4.69) is 46.8 Å². The van der Waals surface area contributed by atoms with Crippen LogP contribution in [0.3, 0.4) is 0 Å². The number of aryl methyl sites for hydroxylation is 2. The van der Waals surface area contributed by atoms with E-state index in [0.717, 1.165) is 31.9 Å². The van der Waals surface area contributed by atoms with Gasteiger partial charge in [-0.1, -0.05) is 24.3 Å². The minimum Gasteiger partial charge on any atom is -0.292 e. The molecular weight excluding hydrogens is 358 g/mol. The third-order valence-corrected chi connectivity index (χ3v) is 7.65. The van der Waals surface area contributed by atoms with Crippen LogP contribution in [0.4, 0.5) is 0 Å². The Balaban J connectivity index is 1.53. The van der Waals surface area contributed by atoms with Crippen LogP contribution in [0.2, 0.25) is 0 Å². The molecule has 2 saturated heterocycles. The molecule has 3 heterocycles. The van der Waals surface area contributed by atoms with Crippen LogP contribution in [0.5, 0.6) is 0 Å². The van der Waals surface area contributed by atoms with Crippen molar-refractivity contribution < 1.29 is 8.42 Å². The van der Waals surface area contributed by atoms with E-state index in [9.17, 15) is 8.42 Å². The maximum absolute atomic E-state index is 12.4. The lowest BCUT2D eigenvalue weighted by Crippen LogP contribution is -2.58. The highest BCUT2D eigenvalue weighted by molar-refractivity contribution is 7.91. The number of fused-ring (bicyclic) bond motifs is 1. The lowest BCUT2D eigenvalue weighted by atomic mass is 10.0. The second-order valence-corrected chi connectivity index (χ2v) is 10.0. The zero-order chi connectivity index (χ0) is 19.0. The highest BCUT2D eigenvalue weighted by Gasteiger charge is 2.46. The molecule has 2 aliphatic rings. The van der Waals surface area contributed by atoms with Gasteiger partial charge >= 0.3 is 0 Å². The molecule has 6 heteroatoms. The van der Waals surface area contributed by atoms with Crippen molar-refractivity contribution in [2.75, 3.05) is 24.6 Å². The van der Waals surface area contributed by atoms with Crippen molar-refractivity contribution in [3.05, 3.63) is 65.0 Å². The normalized spacial score (nSPS) is 25.4. The maximum atomic E-state index is 12.4. The van der Waals surface area contributed by atoms with Gasteiger partial charge in [-0.25, -0.2) is 8.42 Å². The number of pyridine rings is 1. The summed E-state index contributed by atoms with van der Waals surface area (Å²) in [5.41, 5.74) is 4.85. The lowest BCUT2D eigenvalue weighted by molar-refractivity contribution is 0.0348. The molecule has 0 N–H and O–H groups in total. The Morgan fingerprint density at radius 3 is 2.30 bits per heavy atom. The van der Waals surface area contributed by atoms with E-state index in [1.54, 1.807) is 6.20 Å². The predicted molar refractivity (Wildman–Crippen MR) is 107 cm³/mol. The molecule has 144 valence electrons. The molecule has 5 nitrogen and oxygen atoms in total. The molecule has 2 fully saturated rings. The second kappa shape index (κ2) is 7.34. The SMILES string of the molecule is Cc1ccc(CN2CCN(Cc3ccccn3)[C@@H]3CS(=O)(=O)C[C@@H]32)cc1C. The summed E-state index contributed by atoms with van der Waals surface area (Å²) < 4.78 is 24.8. The van der Waals surface area contributed by atoms with Crippen LogP contribution in [0, 0.1) is 13.8 Å². The highest BCUT2D eigenvalue weighted by Crippen LogP contribution is 2.29. The zero-order valence-corrected chi connectivity index (χ0v) is 16.8. The predicted octanol–water partition coefficient (Wildman–Crippen LogP) is 2.18. The Bertz CT molecular complexity index is 914. The standard InChI is InChI=1S/C21H27N3O2S/c1-16-6-7-18(11-17(16)2)12-23-9-10-24(13-19-5-3-4-8-22-19)21-15-27(25,26)14-20(21)23/h3-8,11,20-21H,9-10,12-15H2,1-2H3/t20-,21+/m0/s1. The van der Waals surface area contributed by atoms with Gasteiger partial charge in [-0.2, -0.15) is 0 Å². The summed E-state index contributed by atoms with van der Waals surface area (Å²) in [6.45, 7) is 7.54. The first kappa shape index (κ1) is 18.6. The fraction of sp³-hybridized carbons (Fsp3) is 0.476. The van der Waals surface area contributed by atoms with Crippen molar-refractivity contribution in [1.82, 2.24) is 14.8 Å².